The predicted molar refractivity (Wildman–Crippen MR) is 91.5 cm³/mol. The van der Waals surface area contributed by atoms with E-state index in [2.05, 4.69) is 27.3 Å². The highest BCUT2D eigenvalue weighted by molar-refractivity contribution is 5.93. The standard InChI is InChI=1S/C19H18N4O/c24-19(17-5-7-21-22-12-17)23-8-6-14(13-23)9-15-10-16-3-1-2-4-18(16)20-11-15/h1-5,7,10-12,14H,6,8-9,13H2/t14-/m0/s1. The van der Waals surface area contributed by atoms with Crippen LogP contribution in [0.5, 0.6) is 0 Å². The van der Waals surface area contributed by atoms with Gasteiger partial charge in [0.2, 0.25) is 0 Å². The number of aromatic nitrogens is 3. The van der Waals surface area contributed by atoms with Gasteiger partial charge in [-0.2, -0.15) is 10.2 Å². The molecule has 1 aliphatic heterocycles. The van der Waals surface area contributed by atoms with Crippen LogP contribution in [0.2, 0.25) is 0 Å². The Balaban J connectivity index is 1.44. The molecule has 2 aromatic heterocycles. The summed E-state index contributed by atoms with van der Waals surface area (Å²) in [6, 6.07) is 12.1. The zero-order valence-electron chi connectivity index (χ0n) is 13.3. The lowest BCUT2D eigenvalue weighted by atomic mass is 9.99. The highest BCUT2D eigenvalue weighted by Gasteiger charge is 2.27. The monoisotopic (exact) mass is 318 g/mol. The first-order valence-electron chi connectivity index (χ1n) is 8.19. The molecule has 1 saturated heterocycles. The first-order chi connectivity index (χ1) is 11.8. The van der Waals surface area contributed by atoms with E-state index in [0.29, 0.717) is 11.5 Å². The molecule has 24 heavy (non-hydrogen) atoms. The summed E-state index contributed by atoms with van der Waals surface area (Å²) in [5, 5.41) is 8.68. The smallest absolute Gasteiger partial charge is 0.255 e. The van der Waals surface area contributed by atoms with Crippen LogP contribution in [0.4, 0.5) is 0 Å². The molecule has 0 bridgehead atoms. The fraction of sp³-hybridized carbons (Fsp3) is 0.263. The molecule has 3 heterocycles. The van der Waals surface area contributed by atoms with Gasteiger partial charge in [0.05, 0.1) is 23.5 Å². The lowest BCUT2D eigenvalue weighted by Gasteiger charge is -2.16. The summed E-state index contributed by atoms with van der Waals surface area (Å²) in [5.41, 5.74) is 2.87. The molecule has 120 valence electrons. The van der Waals surface area contributed by atoms with Crippen molar-refractivity contribution in [2.75, 3.05) is 13.1 Å². The van der Waals surface area contributed by atoms with E-state index in [4.69, 9.17) is 0 Å². The Morgan fingerprint density at radius 2 is 2.08 bits per heavy atom. The predicted octanol–water partition coefficient (Wildman–Crippen LogP) is 2.73. The molecule has 1 aliphatic rings. The molecule has 0 saturated carbocycles. The van der Waals surface area contributed by atoms with E-state index in [1.807, 2.05) is 29.3 Å². The van der Waals surface area contributed by atoms with Gasteiger partial charge < -0.3 is 4.90 Å². The molecule has 0 spiro atoms. The summed E-state index contributed by atoms with van der Waals surface area (Å²) < 4.78 is 0. The Kier molecular flexibility index (Phi) is 3.91. The number of hydrogen-bond donors (Lipinski definition) is 0. The van der Waals surface area contributed by atoms with Gasteiger partial charge in [0.15, 0.2) is 0 Å². The molecule has 4 rings (SSSR count). The van der Waals surface area contributed by atoms with Gasteiger partial charge in [-0.05, 0) is 42.5 Å². The fourth-order valence-corrected chi connectivity index (χ4v) is 3.35. The molecule has 0 N–H and O–H groups in total. The molecule has 1 aromatic carbocycles. The third kappa shape index (κ3) is 2.97. The van der Waals surface area contributed by atoms with Gasteiger partial charge in [0.25, 0.3) is 5.91 Å². The van der Waals surface area contributed by atoms with Gasteiger partial charge in [0, 0.05) is 24.7 Å². The van der Waals surface area contributed by atoms with Crippen molar-refractivity contribution < 1.29 is 4.79 Å². The molecule has 5 nitrogen and oxygen atoms in total. The summed E-state index contributed by atoms with van der Waals surface area (Å²) >= 11 is 0. The molecule has 1 fully saturated rings. The van der Waals surface area contributed by atoms with E-state index < -0.39 is 0 Å². The quantitative estimate of drug-likeness (QED) is 0.745. The molecule has 1 atom stereocenters. The fourth-order valence-electron chi connectivity index (χ4n) is 3.35. The van der Waals surface area contributed by atoms with Gasteiger partial charge in [-0.1, -0.05) is 18.2 Å². The van der Waals surface area contributed by atoms with Gasteiger partial charge in [-0.3, -0.25) is 9.78 Å². The number of carbonyl (C=O) groups is 1. The van der Waals surface area contributed by atoms with Crippen molar-refractivity contribution in [2.24, 2.45) is 5.92 Å². The number of hydrogen-bond acceptors (Lipinski definition) is 4. The molecular weight excluding hydrogens is 300 g/mol. The summed E-state index contributed by atoms with van der Waals surface area (Å²) in [6.45, 7) is 1.58. The highest BCUT2D eigenvalue weighted by Crippen LogP contribution is 2.23. The number of amides is 1. The van der Waals surface area contributed by atoms with Gasteiger partial charge in [-0.15, -0.1) is 0 Å². The normalized spacial score (nSPS) is 17.3. The van der Waals surface area contributed by atoms with Crippen molar-refractivity contribution >= 4 is 16.8 Å². The van der Waals surface area contributed by atoms with Crippen molar-refractivity contribution in [1.82, 2.24) is 20.1 Å². The van der Waals surface area contributed by atoms with Crippen LogP contribution in [-0.2, 0) is 6.42 Å². The zero-order chi connectivity index (χ0) is 16.4. The minimum atomic E-state index is 0.0454. The van der Waals surface area contributed by atoms with Crippen molar-refractivity contribution in [3.05, 3.63) is 66.1 Å². The maximum Gasteiger partial charge on any atom is 0.255 e. The SMILES string of the molecule is O=C(c1ccnnc1)N1CC[C@@H](Cc2cnc3ccccc3c2)C1. The number of carbonyl (C=O) groups excluding carboxylic acids is 1. The Morgan fingerprint density at radius 1 is 1.17 bits per heavy atom. The van der Waals surface area contributed by atoms with Gasteiger partial charge in [-0.25, -0.2) is 0 Å². The van der Waals surface area contributed by atoms with Crippen molar-refractivity contribution in [2.45, 2.75) is 12.8 Å². The zero-order valence-corrected chi connectivity index (χ0v) is 13.3. The Labute approximate surface area is 140 Å². The summed E-state index contributed by atoms with van der Waals surface area (Å²) in [4.78, 5) is 18.9. The van der Waals surface area contributed by atoms with Gasteiger partial charge >= 0.3 is 0 Å². The summed E-state index contributed by atoms with van der Waals surface area (Å²) in [5.74, 6) is 0.524. The van der Waals surface area contributed by atoms with Crippen LogP contribution in [0.3, 0.4) is 0 Å². The van der Waals surface area contributed by atoms with E-state index in [0.717, 1.165) is 31.4 Å². The van der Waals surface area contributed by atoms with E-state index in [9.17, 15) is 4.79 Å². The molecule has 0 unspecified atom stereocenters. The Morgan fingerprint density at radius 3 is 2.96 bits per heavy atom. The second-order valence-electron chi connectivity index (χ2n) is 6.28. The number of benzene rings is 1. The van der Waals surface area contributed by atoms with Crippen LogP contribution >= 0.6 is 0 Å². The lowest BCUT2D eigenvalue weighted by Crippen LogP contribution is -2.29. The maximum absolute atomic E-state index is 12.5. The topological polar surface area (TPSA) is 59.0 Å². The first-order valence-corrected chi connectivity index (χ1v) is 8.19. The second-order valence-corrected chi connectivity index (χ2v) is 6.28. The van der Waals surface area contributed by atoms with Crippen molar-refractivity contribution in [1.29, 1.82) is 0 Å². The van der Waals surface area contributed by atoms with Crippen LogP contribution in [0.1, 0.15) is 22.3 Å². The minimum absolute atomic E-state index is 0.0454. The van der Waals surface area contributed by atoms with E-state index in [1.54, 1.807) is 12.3 Å². The van der Waals surface area contributed by atoms with Gasteiger partial charge in [0.1, 0.15) is 0 Å². The molecule has 0 radical (unpaired) electrons. The number of nitrogens with zero attached hydrogens (tertiary/aromatic N) is 4. The number of pyridine rings is 1. The summed E-state index contributed by atoms with van der Waals surface area (Å²) in [6.07, 6.45) is 7.03. The first kappa shape index (κ1) is 14.8. The molecule has 0 aliphatic carbocycles. The van der Waals surface area contributed by atoms with E-state index >= 15 is 0 Å². The molecule has 3 aromatic rings. The number of likely N-dealkylation sites (tertiary alicyclic amines) is 1. The molecular formula is C19H18N4O. The molecule has 5 heteroatoms. The van der Waals surface area contributed by atoms with Crippen LogP contribution < -0.4 is 0 Å². The third-order valence-corrected chi connectivity index (χ3v) is 4.58. The summed E-state index contributed by atoms with van der Waals surface area (Å²) in [7, 11) is 0. The third-order valence-electron chi connectivity index (χ3n) is 4.58. The average molecular weight is 318 g/mol. The van der Waals surface area contributed by atoms with E-state index in [-0.39, 0.29) is 5.91 Å². The highest BCUT2D eigenvalue weighted by atomic mass is 16.2. The van der Waals surface area contributed by atoms with Crippen LogP contribution in [0.25, 0.3) is 10.9 Å². The average Bonchev–Trinajstić information content (AvgIpc) is 3.10. The minimum Gasteiger partial charge on any atom is -0.338 e. The number of fused-ring (bicyclic) bond motifs is 1. The second kappa shape index (κ2) is 6.35. The van der Waals surface area contributed by atoms with Crippen LogP contribution in [0.15, 0.2) is 55.0 Å². The molecule has 1 amide bonds. The largest absolute Gasteiger partial charge is 0.338 e. The van der Waals surface area contributed by atoms with Crippen molar-refractivity contribution in [3.63, 3.8) is 0 Å². The van der Waals surface area contributed by atoms with Crippen molar-refractivity contribution in [3.8, 4) is 0 Å². The lowest BCUT2D eigenvalue weighted by molar-refractivity contribution is 0.0786. The Bertz CT molecular complexity index is 865. The van der Waals surface area contributed by atoms with E-state index in [1.165, 1.54) is 17.1 Å². The number of rotatable bonds is 3. The van der Waals surface area contributed by atoms with Crippen LogP contribution in [-0.4, -0.2) is 39.1 Å². The number of para-hydroxylation sites is 1. The maximum atomic E-state index is 12.5. The van der Waals surface area contributed by atoms with Crippen LogP contribution in [0, 0.1) is 5.92 Å². The Hall–Kier alpha value is -2.82.